The molecule has 3 rings (SSSR count). The molecule has 2 saturated heterocycles. The molecule has 2 aliphatic heterocycles. The minimum absolute atomic E-state index is 0.141. The second kappa shape index (κ2) is 10.6. The zero-order valence-electron chi connectivity index (χ0n) is 19.4. The van der Waals surface area contributed by atoms with Crippen LogP contribution in [0.2, 0.25) is 0 Å². The van der Waals surface area contributed by atoms with Crippen molar-refractivity contribution < 1.29 is 13.9 Å². The zero-order chi connectivity index (χ0) is 21.6. The Balaban J connectivity index is 1.58. The van der Waals surface area contributed by atoms with Gasteiger partial charge in [-0.05, 0) is 37.3 Å². The summed E-state index contributed by atoms with van der Waals surface area (Å²) in [7, 11) is 1.83. The number of hydrogen-bond acceptors (Lipinski definition) is 5. The minimum atomic E-state index is 0.141. The van der Waals surface area contributed by atoms with Crippen molar-refractivity contribution in [1.29, 1.82) is 0 Å². The predicted octanol–water partition coefficient (Wildman–Crippen LogP) is 2.97. The van der Waals surface area contributed by atoms with Crippen LogP contribution in [0.3, 0.4) is 0 Å². The van der Waals surface area contributed by atoms with Crippen LogP contribution in [0.25, 0.3) is 0 Å². The van der Waals surface area contributed by atoms with Gasteiger partial charge in [0, 0.05) is 45.8 Å². The molecule has 0 aromatic carbocycles. The van der Waals surface area contributed by atoms with Gasteiger partial charge >= 0.3 is 0 Å². The molecule has 0 amide bonds. The fourth-order valence-corrected chi connectivity index (χ4v) is 4.58. The van der Waals surface area contributed by atoms with Crippen LogP contribution in [-0.2, 0) is 9.47 Å². The highest BCUT2D eigenvalue weighted by molar-refractivity contribution is 5.79. The number of aliphatic imine (C=N–C) groups is 1. The van der Waals surface area contributed by atoms with E-state index in [1.54, 1.807) is 0 Å². The molecule has 0 aliphatic carbocycles. The molecule has 0 radical (unpaired) electrons. The summed E-state index contributed by atoms with van der Waals surface area (Å²) in [5, 5.41) is 7.06. The summed E-state index contributed by atoms with van der Waals surface area (Å²) in [6, 6.07) is 4.27. The van der Waals surface area contributed by atoms with Crippen molar-refractivity contribution in [1.82, 2.24) is 15.5 Å². The Labute approximate surface area is 181 Å². The Bertz CT molecular complexity index is 676. The molecule has 7 heteroatoms. The molecule has 3 atom stereocenters. The molecule has 7 nitrogen and oxygen atoms in total. The van der Waals surface area contributed by atoms with Crippen LogP contribution in [0, 0.1) is 18.3 Å². The third-order valence-corrected chi connectivity index (χ3v) is 6.09. The third-order valence-electron chi connectivity index (χ3n) is 6.09. The Hall–Kier alpha value is -1.57. The topological polar surface area (TPSA) is 71.3 Å². The van der Waals surface area contributed by atoms with E-state index in [4.69, 9.17) is 13.9 Å². The van der Waals surface area contributed by atoms with Gasteiger partial charge in [-0.1, -0.05) is 20.8 Å². The summed E-state index contributed by atoms with van der Waals surface area (Å²) in [5.74, 6) is 3.25. The summed E-state index contributed by atoms with van der Waals surface area (Å²) in [5.41, 5.74) is 0.141. The van der Waals surface area contributed by atoms with Crippen molar-refractivity contribution in [3.8, 4) is 0 Å². The van der Waals surface area contributed by atoms with Gasteiger partial charge in [-0.2, -0.15) is 0 Å². The smallest absolute Gasteiger partial charge is 0.191 e. The molecule has 0 spiro atoms. The minimum Gasteiger partial charge on any atom is -0.465 e. The monoisotopic (exact) mass is 420 g/mol. The van der Waals surface area contributed by atoms with Crippen LogP contribution in [0.1, 0.15) is 51.2 Å². The fraction of sp³-hybridized carbons (Fsp3) is 0.783. The van der Waals surface area contributed by atoms with Crippen molar-refractivity contribution in [2.45, 2.75) is 52.7 Å². The summed E-state index contributed by atoms with van der Waals surface area (Å²) in [6.45, 7) is 14.6. The summed E-state index contributed by atoms with van der Waals surface area (Å²) >= 11 is 0. The Morgan fingerprint density at radius 3 is 2.60 bits per heavy atom. The number of morpholine rings is 1. The largest absolute Gasteiger partial charge is 0.465 e. The molecule has 3 unspecified atom stereocenters. The number of guanidine groups is 1. The summed E-state index contributed by atoms with van der Waals surface area (Å²) < 4.78 is 17.6. The van der Waals surface area contributed by atoms with E-state index in [2.05, 4.69) is 47.4 Å². The molecule has 0 saturated carbocycles. The highest BCUT2D eigenvalue weighted by Gasteiger charge is 2.35. The van der Waals surface area contributed by atoms with E-state index in [0.717, 1.165) is 69.9 Å². The molecular weight excluding hydrogens is 380 g/mol. The zero-order valence-corrected chi connectivity index (χ0v) is 19.4. The van der Waals surface area contributed by atoms with Gasteiger partial charge in [-0.15, -0.1) is 0 Å². The van der Waals surface area contributed by atoms with Gasteiger partial charge in [0.2, 0.25) is 0 Å². The van der Waals surface area contributed by atoms with E-state index in [1.807, 2.05) is 20.0 Å². The lowest BCUT2D eigenvalue weighted by atomic mass is 9.78. The SMILES string of the molecule is CN=C(NCC1CCCOC1C(C)(C)C)NCC(c1ccc(C)o1)N1CCOCC1. The average molecular weight is 421 g/mol. The van der Waals surface area contributed by atoms with Gasteiger partial charge in [0.1, 0.15) is 11.5 Å². The van der Waals surface area contributed by atoms with E-state index < -0.39 is 0 Å². The Kier molecular flexibility index (Phi) is 8.20. The standard InChI is InChI=1S/C23H40N4O3/c1-17-8-9-20(30-17)19(27-10-13-28-14-11-27)16-26-22(24-5)25-15-18-7-6-12-29-21(18)23(2,3)4/h8-9,18-19,21H,6-7,10-16H2,1-5H3,(H2,24,25,26). The van der Waals surface area contributed by atoms with Gasteiger partial charge in [-0.25, -0.2) is 0 Å². The van der Waals surface area contributed by atoms with Crippen molar-refractivity contribution in [2.75, 3.05) is 53.0 Å². The lowest BCUT2D eigenvalue weighted by molar-refractivity contribution is -0.0835. The van der Waals surface area contributed by atoms with Gasteiger partial charge in [0.15, 0.2) is 5.96 Å². The maximum Gasteiger partial charge on any atom is 0.191 e. The van der Waals surface area contributed by atoms with Gasteiger partial charge in [0.25, 0.3) is 0 Å². The second-order valence-electron chi connectivity index (χ2n) is 9.51. The van der Waals surface area contributed by atoms with Crippen molar-refractivity contribution >= 4 is 5.96 Å². The summed E-state index contributed by atoms with van der Waals surface area (Å²) in [4.78, 5) is 6.88. The van der Waals surface area contributed by atoms with Crippen LogP contribution in [0.5, 0.6) is 0 Å². The fourth-order valence-electron chi connectivity index (χ4n) is 4.58. The number of aryl methyl sites for hydroxylation is 1. The summed E-state index contributed by atoms with van der Waals surface area (Å²) in [6.07, 6.45) is 2.58. The predicted molar refractivity (Wildman–Crippen MR) is 120 cm³/mol. The molecule has 1 aromatic heterocycles. The first-order chi connectivity index (χ1) is 14.4. The number of nitrogens with zero attached hydrogens (tertiary/aromatic N) is 2. The van der Waals surface area contributed by atoms with E-state index >= 15 is 0 Å². The van der Waals surface area contributed by atoms with E-state index in [1.165, 1.54) is 6.42 Å². The van der Waals surface area contributed by atoms with Crippen molar-refractivity contribution in [3.05, 3.63) is 23.7 Å². The number of rotatable bonds is 6. The Morgan fingerprint density at radius 2 is 1.97 bits per heavy atom. The van der Waals surface area contributed by atoms with E-state index in [-0.39, 0.29) is 17.6 Å². The van der Waals surface area contributed by atoms with Crippen LogP contribution >= 0.6 is 0 Å². The van der Waals surface area contributed by atoms with Crippen molar-refractivity contribution in [2.24, 2.45) is 16.3 Å². The molecule has 0 bridgehead atoms. The van der Waals surface area contributed by atoms with Crippen molar-refractivity contribution in [3.63, 3.8) is 0 Å². The lowest BCUT2D eigenvalue weighted by Crippen LogP contribution is -2.49. The lowest BCUT2D eigenvalue weighted by Gasteiger charge is -2.40. The van der Waals surface area contributed by atoms with Crippen LogP contribution in [0.15, 0.2) is 21.5 Å². The quantitative estimate of drug-likeness (QED) is 0.545. The molecular formula is C23H40N4O3. The first-order valence-electron chi connectivity index (χ1n) is 11.3. The van der Waals surface area contributed by atoms with Gasteiger partial charge in [-0.3, -0.25) is 9.89 Å². The second-order valence-corrected chi connectivity index (χ2v) is 9.51. The Morgan fingerprint density at radius 1 is 1.20 bits per heavy atom. The molecule has 1 aromatic rings. The molecule has 170 valence electrons. The van der Waals surface area contributed by atoms with Gasteiger partial charge in [0.05, 0.1) is 25.4 Å². The van der Waals surface area contributed by atoms with E-state index in [0.29, 0.717) is 5.92 Å². The molecule has 2 aliphatic rings. The van der Waals surface area contributed by atoms with Crippen LogP contribution in [-0.4, -0.2) is 70.0 Å². The van der Waals surface area contributed by atoms with Crippen LogP contribution in [0.4, 0.5) is 0 Å². The maximum absolute atomic E-state index is 6.13. The number of nitrogens with one attached hydrogen (secondary N) is 2. The number of furan rings is 1. The molecule has 30 heavy (non-hydrogen) atoms. The van der Waals surface area contributed by atoms with Gasteiger partial charge < -0.3 is 24.5 Å². The normalized spacial score (nSPS) is 25.2. The molecule has 2 N–H and O–H groups in total. The number of hydrogen-bond donors (Lipinski definition) is 2. The highest BCUT2D eigenvalue weighted by atomic mass is 16.5. The number of ether oxygens (including phenoxy) is 2. The first kappa shape index (κ1) is 23.1. The average Bonchev–Trinajstić information content (AvgIpc) is 3.16. The third kappa shape index (κ3) is 6.22. The highest BCUT2D eigenvalue weighted by Crippen LogP contribution is 2.33. The van der Waals surface area contributed by atoms with Crippen LogP contribution < -0.4 is 10.6 Å². The molecule has 2 fully saturated rings. The maximum atomic E-state index is 6.13. The molecule has 3 heterocycles. The van der Waals surface area contributed by atoms with E-state index in [9.17, 15) is 0 Å². The first-order valence-corrected chi connectivity index (χ1v) is 11.3.